The summed E-state index contributed by atoms with van der Waals surface area (Å²) in [6.07, 6.45) is 3.77. The molecule has 0 fully saturated rings. The number of hydrogen-bond acceptors (Lipinski definition) is 2. The lowest BCUT2D eigenvalue weighted by atomic mass is 9.99. The summed E-state index contributed by atoms with van der Waals surface area (Å²) in [4.78, 5) is 0. The van der Waals surface area contributed by atoms with Crippen molar-refractivity contribution in [3.8, 4) is 0 Å². The fourth-order valence-electron chi connectivity index (χ4n) is 2.39. The molecule has 0 amide bonds. The van der Waals surface area contributed by atoms with Crippen LogP contribution in [0.1, 0.15) is 67.7 Å². The summed E-state index contributed by atoms with van der Waals surface area (Å²) in [6.45, 7) is 17.2. The van der Waals surface area contributed by atoms with E-state index in [-0.39, 0.29) is 5.04 Å². The van der Waals surface area contributed by atoms with E-state index in [4.69, 9.17) is 8.85 Å². The van der Waals surface area contributed by atoms with Gasteiger partial charge in [0, 0.05) is 18.3 Å². The first kappa shape index (κ1) is 18.1. The van der Waals surface area contributed by atoms with Crippen LogP contribution in [0.3, 0.4) is 0 Å². The highest BCUT2D eigenvalue weighted by molar-refractivity contribution is 6.70. The van der Waals surface area contributed by atoms with Gasteiger partial charge in [-0.2, -0.15) is 0 Å². The van der Waals surface area contributed by atoms with Crippen LogP contribution in [-0.2, 0) is 8.85 Å². The molecule has 0 heterocycles. The average Bonchev–Trinajstić information content (AvgIpc) is 2.29. The van der Waals surface area contributed by atoms with Crippen LogP contribution in [0.2, 0.25) is 11.1 Å². The molecule has 2 nitrogen and oxygen atoms in total. The highest BCUT2D eigenvalue weighted by Crippen LogP contribution is 2.48. The zero-order valence-corrected chi connectivity index (χ0v) is 14.6. The Bertz CT molecular complexity index is 209. The SMILES string of the molecule is CCCCC[Si](OCC)(OCC)C(C)(C)C(C)C. The Kier molecular flexibility index (Phi) is 8.40. The first-order valence-corrected chi connectivity index (χ1v) is 9.68. The van der Waals surface area contributed by atoms with E-state index < -0.39 is 8.56 Å². The Hall–Kier alpha value is 0.137. The molecule has 0 aliphatic rings. The minimum absolute atomic E-state index is 0.159. The van der Waals surface area contributed by atoms with Crippen molar-refractivity contribution in [2.45, 2.75) is 78.8 Å². The molecule has 0 unspecified atom stereocenters. The monoisotopic (exact) mass is 274 g/mol. The largest absolute Gasteiger partial charge is 0.394 e. The van der Waals surface area contributed by atoms with E-state index in [1.807, 2.05) is 0 Å². The zero-order chi connectivity index (χ0) is 14.2. The van der Waals surface area contributed by atoms with Crippen LogP contribution in [0.15, 0.2) is 0 Å². The second-order valence-corrected chi connectivity index (χ2v) is 9.82. The summed E-state index contributed by atoms with van der Waals surface area (Å²) in [5.41, 5.74) is 0. The minimum atomic E-state index is -2.12. The lowest BCUT2D eigenvalue weighted by Crippen LogP contribution is -2.53. The van der Waals surface area contributed by atoms with Gasteiger partial charge in [0.1, 0.15) is 0 Å². The molecule has 3 heteroatoms. The van der Waals surface area contributed by atoms with Crippen molar-refractivity contribution >= 4 is 8.56 Å². The highest BCUT2D eigenvalue weighted by atomic mass is 28.4. The molecule has 0 atom stereocenters. The molecule has 0 bridgehead atoms. The Morgan fingerprint density at radius 2 is 1.44 bits per heavy atom. The average molecular weight is 275 g/mol. The number of unbranched alkanes of at least 4 members (excludes halogenated alkanes) is 2. The molecule has 110 valence electrons. The Morgan fingerprint density at radius 1 is 0.944 bits per heavy atom. The summed E-state index contributed by atoms with van der Waals surface area (Å²) in [6, 6.07) is 1.13. The van der Waals surface area contributed by atoms with E-state index >= 15 is 0 Å². The molecule has 0 aromatic carbocycles. The van der Waals surface area contributed by atoms with Crippen molar-refractivity contribution in [3.63, 3.8) is 0 Å². The van der Waals surface area contributed by atoms with Crippen LogP contribution < -0.4 is 0 Å². The van der Waals surface area contributed by atoms with Crippen LogP contribution in [0.4, 0.5) is 0 Å². The van der Waals surface area contributed by atoms with Crippen molar-refractivity contribution in [2.24, 2.45) is 5.92 Å². The summed E-state index contributed by atoms with van der Waals surface area (Å²) >= 11 is 0. The maximum absolute atomic E-state index is 6.26. The Balaban J connectivity index is 5.05. The van der Waals surface area contributed by atoms with Crippen LogP contribution >= 0.6 is 0 Å². The van der Waals surface area contributed by atoms with Gasteiger partial charge >= 0.3 is 8.56 Å². The van der Waals surface area contributed by atoms with Crippen molar-refractivity contribution in [2.75, 3.05) is 13.2 Å². The van der Waals surface area contributed by atoms with Crippen molar-refractivity contribution < 1.29 is 8.85 Å². The fourth-order valence-corrected chi connectivity index (χ4v) is 6.68. The van der Waals surface area contributed by atoms with Gasteiger partial charge in [-0.15, -0.1) is 0 Å². The van der Waals surface area contributed by atoms with Crippen molar-refractivity contribution in [3.05, 3.63) is 0 Å². The van der Waals surface area contributed by atoms with Gasteiger partial charge in [0.2, 0.25) is 0 Å². The number of hydrogen-bond donors (Lipinski definition) is 0. The minimum Gasteiger partial charge on any atom is -0.394 e. The molecule has 0 aromatic rings. The maximum atomic E-state index is 6.26. The molecule has 0 rings (SSSR count). The molecule has 0 saturated heterocycles. The van der Waals surface area contributed by atoms with E-state index in [0.29, 0.717) is 5.92 Å². The van der Waals surface area contributed by atoms with Crippen molar-refractivity contribution in [1.82, 2.24) is 0 Å². The molecule has 0 N–H and O–H groups in total. The molecule has 0 spiro atoms. The third-order valence-corrected chi connectivity index (χ3v) is 9.35. The highest BCUT2D eigenvalue weighted by Gasteiger charge is 2.52. The lowest BCUT2D eigenvalue weighted by molar-refractivity contribution is 0.144. The normalized spacial score (nSPS) is 13.3. The van der Waals surface area contributed by atoms with Gasteiger partial charge < -0.3 is 8.85 Å². The molecule has 0 aromatic heterocycles. The van der Waals surface area contributed by atoms with Gasteiger partial charge in [0.25, 0.3) is 0 Å². The summed E-state index contributed by atoms with van der Waals surface area (Å²) in [5.74, 6) is 0.587. The first-order valence-electron chi connectivity index (χ1n) is 7.65. The first-order chi connectivity index (χ1) is 8.38. The summed E-state index contributed by atoms with van der Waals surface area (Å²) in [5, 5.41) is 0.159. The Labute approximate surface area is 116 Å². The van der Waals surface area contributed by atoms with E-state index in [0.717, 1.165) is 19.3 Å². The second kappa shape index (κ2) is 8.34. The summed E-state index contributed by atoms with van der Waals surface area (Å²) < 4.78 is 12.5. The van der Waals surface area contributed by atoms with Gasteiger partial charge in [-0.05, 0) is 25.8 Å². The quantitative estimate of drug-likeness (QED) is 0.406. The van der Waals surface area contributed by atoms with Crippen LogP contribution in [0.25, 0.3) is 0 Å². The zero-order valence-electron chi connectivity index (χ0n) is 13.6. The predicted molar refractivity (Wildman–Crippen MR) is 82.2 cm³/mol. The maximum Gasteiger partial charge on any atom is 0.344 e. The van der Waals surface area contributed by atoms with E-state index in [2.05, 4.69) is 48.5 Å². The number of rotatable bonds is 10. The second-order valence-electron chi connectivity index (χ2n) is 5.95. The molecular weight excluding hydrogens is 240 g/mol. The molecular formula is C15H34O2Si. The molecule has 0 aliphatic carbocycles. The van der Waals surface area contributed by atoms with Gasteiger partial charge in [-0.1, -0.05) is 53.9 Å². The lowest BCUT2D eigenvalue weighted by Gasteiger charge is -2.45. The summed E-state index contributed by atoms with van der Waals surface area (Å²) in [7, 11) is -2.12. The third-order valence-electron chi connectivity index (χ3n) is 4.29. The smallest absolute Gasteiger partial charge is 0.344 e. The van der Waals surface area contributed by atoms with E-state index in [9.17, 15) is 0 Å². The van der Waals surface area contributed by atoms with Crippen LogP contribution in [-0.4, -0.2) is 21.8 Å². The standard InChI is InChI=1S/C15H34O2Si/c1-8-11-12-13-18(16-9-2,17-10-3)15(6,7)14(4)5/h14H,8-13H2,1-7H3. The molecule has 0 aliphatic heterocycles. The molecule has 0 radical (unpaired) electrons. The third kappa shape index (κ3) is 4.36. The molecule has 0 saturated carbocycles. The van der Waals surface area contributed by atoms with E-state index in [1.165, 1.54) is 19.3 Å². The van der Waals surface area contributed by atoms with Crippen molar-refractivity contribution in [1.29, 1.82) is 0 Å². The van der Waals surface area contributed by atoms with Gasteiger partial charge in [0.15, 0.2) is 0 Å². The van der Waals surface area contributed by atoms with Gasteiger partial charge in [0.05, 0.1) is 0 Å². The van der Waals surface area contributed by atoms with Gasteiger partial charge in [-0.3, -0.25) is 0 Å². The molecule has 18 heavy (non-hydrogen) atoms. The predicted octanol–water partition coefficient (Wildman–Crippen LogP) is 5.13. The van der Waals surface area contributed by atoms with E-state index in [1.54, 1.807) is 0 Å². The van der Waals surface area contributed by atoms with Crippen LogP contribution in [0.5, 0.6) is 0 Å². The van der Waals surface area contributed by atoms with Gasteiger partial charge in [-0.25, -0.2) is 0 Å². The topological polar surface area (TPSA) is 18.5 Å². The Morgan fingerprint density at radius 3 is 1.78 bits per heavy atom. The van der Waals surface area contributed by atoms with Crippen LogP contribution in [0, 0.1) is 5.92 Å². The fraction of sp³-hybridized carbons (Fsp3) is 1.00.